The van der Waals surface area contributed by atoms with Gasteiger partial charge in [-0.05, 0) is 12.8 Å². The van der Waals surface area contributed by atoms with Crippen LogP contribution < -0.4 is 5.32 Å². The number of imidazole rings is 1. The third-order valence-electron chi connectivity index (χ3n) is 3.34. The fraction of sp³-hybridized carbons (Fsp3) is 0.583. The molecule has 0 aliphatic carbocycles. The Morgan fingerprint density at radius 3 is 3.11 bits per heavy atom. The predicted molar refractivity (Wildman–Crippen MR) is 66.0 cm³/mol. The first-order valence-corrected chi connectivity index (χ1v) is 6.30. The van der Waals surface area contributed by atoms with Crippen molar-refractivity contribution in [2.45, 2.75) is 25.9 Å². The molecule has 2 heterocycles. The Morgan fingerprint density at radius 1 is 1.63 bits per heavy atom. The highest BCUT2D eigenvalue weighted by Gasteiger charge is 2.28. The molecule has 1 saturated heterocycles. The monoisotopic (exact) mass is 267 g/mol. The molecule has 1 aliphatic heterocycles. The quantitative estimate of drug-likeness (QED) is 0.726. The van der Waals surface area contributed by atoms with Gasteiger partial charge in [-0.15, -0.1) is 0 Å². The second-order valence-corrected chi connectivity index (χ2v) is 4.51. The second kappa shape index (κ2) is 5.83. The fourth-order valence-corrected chi connectivity index (χ4v) is 2.31. The van der Waals surface area contributed by atoms with Crippen molar-refractivity contribution in [1.29, 1.82) is 0 Å². The third-order valence-corrected chi connectivity index (χ3v) is 3.34. The van der Waals surface area contributed by atoms with E-state index in [-0.39, 0.29) is 23.4 Å². The molecule has 19 heavy (non-hydrogen) atoms. The van der Waals surface area contributed by atoms with Crippen LogP contribution in [0.5, 0.6) is 0 Å². The number of aromatic amines is 1. The first-order valence-electron chi connectivity index (χ1n) is 6.30. The number of carboxylic acids is 1. The van der Waals surface area contributed by atoms with Gasteiger partial charge in [0, 0.05) is 19.1 Å². The van der Waals surface area contributed by atoms with Gasteiger partial charge in [0.15, 0.2) is 11.4 Å². The van der Waals surface area contributed by atoms with E-state index in [2.05, 4.69) is 15.3 Å². The van der Waals surface area contributed by atoms with Crippen LogP contribution in [0.3, 0.4) is 0 Å². The highest BCUT2D eigenvalue weighted by molar-refractivity contribution is 6.02. The zero-order valence-corrected chi connectivity index (χ0v) is 10.7. The van der Waals surface area contributed by atoms with Crippen LogP contribution in [0.1, 0.15) is 40.7 Å². The van der Waals surface area contributed by atoms with Crippen molar-refractivity contribution in [3.63, 3.8) is 0 Å². The molecule has 104 valence electrons. The Labute approximate surface area is 110 Å². The van der Waals surface area contributed by atoms with Gasteiger partial charge >= 0.3 is 5.97 Å². The molecule has 2 rings (SSSR count). The van der Waals surface area contributed by atoms with E-state index in [0.717, 1.165) is 12.8 Å². The Kier molecular flexibility index (Phi) is 4.16. The van der Waals surface area contributed by atoms with Crippen LogP contribution in [-0.2, 0) is 4.74 Å². The number of nitrogens with one attached hydrogen (secondary N) is 2. The van der Waals surface area contributed by atoms with Gasteiger partial charge in [0.1, 0.15) is 0 Å². The summed E-state index contributed by atoms with van der Waals surface area (Å²) in [6.07, 6.45) is 3.18. The summed E-state index contributed by atoms with van der Waals surface area (Å²) in [5.74, 6) is -1.39. The van der Waals surface area contributed by atoms with Crippen LogP contribution in [0.15, 0.2) is 6.33 Å². The van der Waals surface area contributed by atoms with Crippen LogP contribution in [0.25, 0.3) is 0 Å². The first kappa shape index (κ1) is 13.5. The molecule has 0 saturated carbocycles. The number of amides is 1. The molecular weight excluding hydrogens is 250 g/mol. The number of H-pyrrole nitrogens is 1. The van der Waals surface area contributed by atoms with Crippen molar-refractivity contribution >= 4 is 11.9 Å². The summed E-state index contributed by atoms with van der Waals surface area (Å²) in [6, 6.07) is 0. The molecule has 1 aromatic heterocycles. The van der Waals surface area contributed by atoms with E-state index < -0.39 is 11.9 Å². The number of hydrogen-bond donors (Lipinski definition) is 3. The molecule has 1 fully saturated rings. The molecule has 0 aromatic carbocycles. The van der Waals surface area contributed by atoms with E-state index in [1.165, 1.54) is 6.33 Å². The maximum Gasteiger partial charge on any atom is 0.354 e. The number of hydrogen-bond acceptors (Lipinski definition) is 4. The van der Waals surface area contributed by atoms with Crippen LogP contribution in [0, 0.1) is 5.92 Å². The lowest BCUT2D eigenvalue weighted by molar-refractivity contribution is 0.0683. The molecule has 0 radical (unpaired) electrons. The van der Waals surface area contributed by atoms with Crippen molar-refractivity contribution in [2.75, 3.05) is 13.2 Å². The summed E-state index contributed by atoms with van der Waals surface area (Å²) in [4.78, 5) is 28.9. The lowest BCUT2D eigenvalue weighted by Gasteiger charge is -2.16. The largest absolute Gasteiger partial charge is 0.477 e. The van der Waals surface area contributed by atoms with Crippen molar-refractivity contribution in [1.82, 2.24) is 15.3 Å². The molecule has 2 unspecified atom stereocenters. The molecule has 0 spiro atoms. The average molecular weight is 267 g/mol. The highest BCUT2D eigenvalue weighted by Crippen LogP contribution is 2.22. The van der Waals surface area contributed by atoms with Gasteiger partial charge in [-0.1, -0.05) is 6.92 Å². The van der Waals surface area contributed by atoms with Crippen LogP contribution in [0.2, 0.25) is 0 Å². The van der Waals surface area contributed by atoms with Crippen molar-refractivity contribution in [2.24, 2.45) is 5.92 Å². The zero-order valence-electron chi connectivity index (χ0n) is 10.7. The molecule has 3 N–H and O–H groups in total. The van der Waals surface area contributed by atoms with E-state index >= 15 is 0 Å². The van der Waals surface area contributed by atoms with Gasteiger partial charge in [0.05, 0.1) is 12.4 Å². The fourth-order valence-electron chi connectivity index (χ4n) is 2.31. The third kappa shape index (κ3) is 2.93. The van der Waals surface area contributed by atoms with Crippen LogP contribution in [0.4, 0.5) is 0 Å². The van der Waals surface area contributed by atoms with E-state index in [1.54, 1.807) is 0 Å². The lowest BCUT2D eigenvalue weighted by atomic mass is 10.00. The van der Waals surface area contributed by atoms with Gasteiger partial charge < -0.3 is 20.1 Å². The van der Waals surface area contributed by atoms with E-state index in [0.29, 0.717) is 13.2 Å². The molecule has 1 aromatic rings. The number of carbonyl (C=O) groups is 2. The van der Waals surface area contributed by atoms with Gasteiger partial charge in [-0.25, -0.2) is 9.78 Å². The molecule has 2 atom stereocenters. The van der Waals surface area contributed by atoms with E-state index in [4.69, 9.17) is 9.84 Å². The Hall–Kier alpha value is -1.89. The van der Waals surface area contributed by atoms with Crippen LogP contribution in [-0.4, -0.2) is 46.2 Å². The zero-order chi connectivity index (χ0) is 13.8. The Bertz CT molecular complexity index is 471. The highest BCUT2D eigenvalue weighted by atomic mass is 16.5. The van der Waals surface area contributed by atoms with Gasteiger partial charge in [0.2, 0.25) is 0 Å². The number of nitrogens with zero attached hydrogens (tertiary/aromatic N) is 1. The minimum atomic E-state index is -1.20. The van der Waals surface area contributed by atoms with Gasteiger partial charge in [0.25, 0.3) is 5.91 Å². The van der Waals surface area contributed by atoms with E-state index in [9.17, 15) is 9.59 Å². The lowest BCUT2D eigenvalue weighted by Crippen LogP contribution is -2.33. The average Bonchev–Trinajstić information content (AvgIpc) is 3.04. The van der Waals surface area contributed by atoms with Crippen molar-refractivity contribution in [3.8, 4) is 0 Å². The standard InChI is InChI=1S/C12H17N3O4/c1-2-8-7(3-4-19-8)5-13-11(16)9-10(12(17)18)15-6-14-9/h6-8H,2-5H2,1H3,(H,13,16)(H,14,15)(H,17,18). The number of rotatable bonds is 5. The summed E-state index contributed by atoms with van der Waals surface area (Å²) in [7, 11) is 0. The van der Waals surface area contributed by atoms with Crippen LogP contribution >= 0.6 is 0 Å². The first-order chi connectivity index (χ1) is 9.13. The summed E-state index contributed by atoms with van der Waals surface area (Å²) in [5, 5.41) is 11.6. The number of aromatic carboxylic acids is 1. The predicted octanol–water partition coefficient (Wildman–Crippen LogP) is 0.653. The molecule has 7 heteroatoms. The van der Waals surface area contributed by atoms with Gasteiger partial charge in [-0.3, -0.25) is 4.79 Å². The number of carbonyl (C=O) groups excluding carboxylic acids is 1. The second-order valence-electron chi connectivity index (χ2n) is 4.51. The summed E-state index contributed by atoms with van der Waals surface area (Å²) in [5.41, 5.74) is -0.272. The molecule has 0 bridgehead atoms. The maximum absolute atomic E-state index is 11.9. The SMILES string of the molecule is CCC1OCCC1CNC(=O)c1nc[nH]c1C(=O)O. The van der Waals surface area contributed by atoms with Crippen molar-refractivity contribution in [3.05, 3.63) is 17.7 Å². The molecule has 1 aliphatic rings. The summed E-state index contributed by atoms with van der Waals surface area (Å²) >= 11 is 0. The number of carboxylic acid groups (broad SMARTS) is 1. The number of ether oxygens (including phenoxy) is 1. The number of aromatic nitrogens is 2. The smallest absolute Gasteiger partial charge is 0.354 e. The molecule has 1 amide bonds. The minimum Gasteiger partial charge on any atom is -0.477 e. The Morgan fingerprint density at radius 2 is 2.42 bits per heavy atom. The van der Waals surface area contributed by atoms with Crippen molar-refractivity contribution < 1.29 is 19.4 Å². The normalized spacial score (nSPS) is 22.4. The topological polar surface area (TPSA) is 104 Å². The Balaban J connectivity index is 1.94. The summed E-state index contributed by atoms with van der Waals surface area (Å²) < 4.78 is 5.53. The van der Waals surface area contributed by atoms with Gasteiger partial charge in [-0.2, -0.15) is 0 Å². The molecular formula is C12H17N3O4. The van der Waals surface area contributed by atoms with E-state index in [1.807, 2.05) is 6.92 Å². The minimum absolute atomic E-state index is 0.0838. The molecule has 7 nitrogen and oxygen atoms in total. The maximum atomic E-state index is 11.9. The summed E-state index contributed by atoms with van der Waals surface area (Å²) in [6.45, 7) is 3.23.